The van der Waals surface area contributed by atoms with Crippen LogP contribution in [0.15, 0.2) is 103 Å². The number of carbonyl (C=O) groups is 2. The van der Waals surface area contributed by atoms with Gasteiger partial charge in [0.05, 0.1) is 11.3 Å². The van der Waals surface area contributed by atoms with Crippen molar-refractivity contribution in [3.8, 4) is 10.4 Å². The molecule has 2 aliphatic carbocycles. The van der Waals surface area contributed by atoms with Gasteiger partial charge in [0.2, 0.25) is 5.95 Å². The molecule has 6 aromatic rings. The Morgan fingerprint density at radius 2 is 1.20 bits per heavy atom. The summed E-state index contributed by atoms with van der Waals surface area (Å²) in [4.78, 5) is 41.4. The van der Waals surface area contributed by atoms with Crippen molar-refractivity contribution in [2.45, 2.75) is 71.6 Å². The lowest BCUT2D eigenvalue weighted by molar-refractivity contribution is 0.0990. The Hall–Kier alpha value is -5.20. The average molecular weight is 688 g/mol. The second-order valence-electron chi connectivity index (χ2n) is 16.3. The number of allylic oxidation sites excluding steroid dienone is 1. The highest BCUT2D eigenvalue weighted by Gasteiger charge is 2.41. The highest BCUT2D eigenvalue weighted by Crippen LogP contribution is 2.52. The Kier molecular flexibility index (Phi) is 7.38. The third kappa shape index (κ3) is 5.44. The average Bonchev–Trinajstić information content (AvgIpc) is 3.69. The van der Waals surface area contributed by atoms with Crippen LogP contribution >= 0.6 is 11.3 Å². The molecule has 0 unspecified atom stereocenters. The van der Waals surface area contributed by atoms with E-state index in [0.29, 0.717) is 17.1 Å². The second-order valence-corrected chi connectivity index (χ2v) is 17.4. The van der Waals surface area contributed by atoms with Gasteiger partial charge in [-0.2, -0.15) is 0 Å². The molecule has 6 heteroatoms. The molecule has 51 heavy (non-hydrogen) atoms. The van der Waals surface area contributed by atoms with E-state index in [0.717, 1.165) is 48.7 Å². The molecule has 254 valence electrons. The standard InChI is InChI=1S/C45H41N3O2S/c1-43(2,3)28-13-17-30(18-14-28)48(31-19-15-29(16-20-31)44(4,5)6)42-46-25-36-40-37(45(7,8)41(36)47-42)24-32(51-40)23-35-38(49)33-21-26-11-9-10-12-27(26)22-34(33)39(35)50/h9-25H,1-8H3. The van der Waals surface area contributed by atoms with E-state index >= 15 is 0 Å². The molecule has 0 N–H and O–H groups in total. The predicted octanol–water partition coefficient (Wildman–Crippen LogP) is 11.5. The third-order valence-corrected chi connectivity index (χ3v) is 11.5. The summed E-state index contributed by atoms with van der Waals surface area (Å²) < 4.78 is 0. The fourth-order valence-electron chi connectivity index (χ4n) is 7.28. The molecule has 0 radical (unpaired) electrons. The van der Waals surface area contributed by atoms with Crippen LogP contribution in [0.1, 0.15) is 103 Å². The second kappa shape index (κ2) is 11.4. The number of benzene rings is 4. The lowest BCUT2D eigenvalue weighted by Crippen LogP contribution is -2.20. The fourth-order valence-corrected chi connectivity index (χ4v) is 8.55. The number of hydrogen-bond acceptors (Lipinski definition) is 6. The minimum Gasteiger partial charge on any atom is -0.288 e. The molecule has 4 aromatic carbocycles. The van der Waals surface area contributed by atoms with Crippen molar-refractivity contribution in [1.29, 1.82) is 0 Å². The van der Waals surface area contributed by atoms with Crippen molar-refractivity contribution < 1.29 is 9.59 Å². The van der Waals surface area contributed by atoms with Crippen molar-refractivity contribution >= 4 is 57.1 Å². The van der Waals surface area contributed by atoms with Gasteiger partial charge in [-0.1, -0.05) is 104 Å². The van der Waals surface area contributed by atoms with Crippen LogP contribution in [0, 0.1) is 0 Å². The first-order valence-corrected chi connectivity index (χ1v) is 18.3. The molecule has 0 aliphatic heterocycles. The maximum Gasteiger partial charge on any atom is 0.234 e. The maximum atomic E-state index is 13.5. The van der Waals surface area contributed by atoms with E-state index in [2.05, 4.69) is 115 Å². The molecule has 0 atom stereocenters. The summed E-state index contributed by atoms with van der Waals surface area (Å²) in [5.41, 5.74) is 8.41. The monoisotopic (exact) mass is 687 g/mol. The van der Waals surface area contributed by atoms with E-state index in [1.807, 2.05) is 42.6 Å². The molecule has 2 heterocycles. The van der Waals surface area contributed by atoms with E-state index in [9.17, 15) is 9.59 Å². The minimum absolute atomic E-state index is 0.0367. The van der Waals surface area contributed by atoms with Gasteiger partial charge in [-0.3, -0.25) is 14.5 Å². The van der Waals surface area contributed by atoms with Gasteiger partial charge in [-0.15, -0.1) is 11.3 Å². The Morgan fingerprint density at radius 1 is 0.686 bits per heavy atom. The van der Waals surface area contributed by atoms with Crippen molar-refractivity contribution in [3.63, 3.8) is 0 Å². The summed E-state index contributed by atoms with van der Waals surface area (Å²) in [6.07, 6.45) is 3.71. The smallest absolute Gasteiger partial charge is 0.234 e. The number of fused-ring (bicyclic) bond motifs is 5. The first kappa shape index (κ1) is 33.0. The topological polar surface area (TPSA) is 63.2 Å². The predicted molar refractivity (Wildman–Crippen MR) is 210 cm³/mol. The Morgan fingerprint density at radius 3 is 1.69 bits per heavy atom. The zero-order valence-electron chi connectivity index (χ0n) is 30.4. The van der Waals surface area contributed by atoms with Crippen LogP contribution < -0.4 is 4.90 Å². The number of Topliss-reactive ketones (excluding diaryl/α,β-unsaturated/α-hetero) is 2. The number of thiophene rings is 1. The summed E-state index contributed by atoms with van der Waals surface area (Å²) in [7, 11) is 0. The fraction of sp³-hybridized carbons (Fsp3) is 0.244. The van der Waals surface area contributed by atoms with Crippen LogP contribution in [-0.4, -0.2) is 21.5 Å². The van der Waals surface area contributed by atoms with Crippen LogP contribution in [-0.2, 0) is 16.2 Å². The molecule has 2 aliphatic rings. The highest BCUT2D eigenvalue weighted by molar-refractivity contribution is 7.16. The van der Waals surface area contributed by atoms with Crippen LogP contribution in [0.4, 0.5) is 17.3 Å². The SMILES string of the molecule is CC(C)(C)c1ccc(N(c2ccc(C(C)(C)C)cc2)c2ncc3c(n2)C(C)(C)c2cc(C=C4C(=O)c5cc6ccccc6cc5C4=O)sc2-3)cc1. The summed E-state index contributed by atoms with van der Waals surface area (Å²) in [6, 6.07) is 31.0. The van der Waals surface area contributed by atoms with E-state index in [1.54, 1.807) is 17.4 Å². The Balaban J connectivity index is 1.18. The maximum absolute atomic E-state index is 13.5. The quantitative estimate of drug-likeness (QED) is 0.136. The third-order valence-electron chi connectivity index (χ3n) is 10.4. The van der Waals surface area contributed by atoms with Gasteiger partial charge in [0.25, 0.3) is 0 Å². The van der Waals surface area contributed by atoms with Crippen molar-refractivity contribution in [3.05, 3.63) is 141 Å². The zero-order chi connectivity index (χ0) is 36.0. The summed E-state index contributed by atoms with van der Waals surface area (Å²) >= 11 is 1.58. The van der Waals surface area contributed by atoms with Crippen LogP contribution in [0.25, 0.3) is 27.3 Å². The van der Waals surface area contributed by atoms with Gasteiger partial charge in [0, 0.05) is 49.4 Å². The number of anilines is 3. The number of nitrogens with zero attached hydrogens (tertiary/aromatic N) is 3. The minimum atomic E-state index is -0.419. The van der Waals surface area contributed by atoms with E-state index in [4.69, 9.17) is 9.97 Å². The number of carbonyl (C=O) groups excluding carboxylic acids is 2. The normalized spacial score (nSPS) is 14.9. The zero-order valence-corrected chi connectivity index (χ0v) is 31.2. The number of rotatable bonds is 4. The molecule has 0 fully saturated rings. The van der Waals surface area contributed by atoms with Crippen LogP contribution in [0.5, 0.6) is 0 Å². The largest absolute Gasteiger partial charge is 0.288 e. The van der Waals surface area contributed by atoms with E-state index < -0.39 is 5.41 Å². The van der Waals surface area contributed by atoms with Gasteiger partial charge in [-0.25, -0.2) is 9.97 Å². The van der Waals surface area contributed by atoms with Gasteiger partial charge < -0.3 is 0 Å². The lowest BCUT2D eigenvalue weighted by atomic mass is 9.86. The van der Waals surface area contributed by atoms with Crippen LogP contribution in [0.2, 0.25) is 0 Å². The molecule has 0 saturated heterocycles. The number of hydrogen-bond donors (Lipinski definition) is 0. The molecular formula is C45H41N3O2S. The van der Waals surface area contributed by atoms with Gasteiger partial charge in [0.15, 0.2) is 11.6 Å². The summed E-state index contributed by atoms with van der Waals surface area (Å²) in [5.74, 6) is 0.180. The number of aromatic nitrogens is 2. The molecule has 0 bridgehead atoms. The molecule has 0 saturated carbocycles. The molecule has 5 nitrogen and oxygen atoms in total. The van der Waals surface area contributed by atoms with Crippen molar-refractivity contribution in [2.24, 2.45) is 0 Å². The van der Waals surface area contributed by atoms with Crippen LogP contribution in [0.3, 0.4) is 0 Å². The molecule has 0 spiro atoms. The Labute approximate surface area is 303 Å². The molecular weight excluding hydrogens is 647 g/mol. The summed E-state index contributed by atoms with van der Waals surface area (Å²) in [5, 5.41) is 1.91. The first-order valence-electron chi connectivity index (χ1n) is 17.5. The van der Waals surface area contributed by atoms with E-state index in [1.165, 1.54) is 11.1 Å². The summed E-state index contributed by atoms with van der Waals surface area (Å²) in [6.45, 7) is 17.7. The molecule has 8 rings (SSSR count). The van der Waals surface area contributed by atoms with E-state index in [-0.39, 0.29) is 28.0 Å². The first-order chi connectivity index (χ1) is 24.1. The van der Waals surface area contributed by atoms with Gasteiger partial charge >= 0.3 is 0 Å². The lowest BCUT2D eigenvalue weighted by Gasteiger charge is -2.27. The van der Waals surface area contributed by atoms with Gasteiger partial charge in [-0.05, 0) is 86.8 Å². The van der Waals surface area contributed by atoms with Crippen molar-refractivity contribution in [1.82, 2.24) is 9.97 Å². The Bertz CT molecular complexity index is 2320. The molecule has 2 aromatic heterocycles. The van der Waals surface area contributed by atoms with Gasteiger partial charge in [0.1, 0.15) is 0 Å². The van der Waals surface area contributed by atoms with Crippen molar-refractivity contribution in [2.75, 3.05) is 4.90 Å². The number of ketones is 2. The highest BCUT2D eigenvalue weighted by atomic mass is 32.1. The molecule has 0 amide bonds.